The van der Waals surface area contributed by atoms with E-state index in [0.717, 1.165) is 18.4 Å². The molecular weight excluding hydrogens is 140 g/mol. The van der Waals surface area contributed by atoms with Crippen LogP contribution in [0.1, 0.15) is 19.3 Å². The molecule has 0 amide bonds. The molecule has 1 saturated carbocycles. The van der Waals surface area contributed by atoms with Crippen molar-refractivity contribution in [1.29, 1.82) is 0 Å². The second kappa shape index (κ2) is 2.53. The summed E-state index contributed by atoms with van der Waals surface area (Å²) in [5.41, 5.74) is 0.203. The molecule has 1 rings (SSSR count). The minimum Gasteiger partial charge on any atom is -0.481 e. The van der Waals surface area contributed by atoms with Crippen LogP contribution in [0.5, 0.6) is 0 Å². The Morgan fingerprint density at radius 3 is 2.45 bits per heavy atom. The van der Waals surface area contributed by atoms with Crippen LogP contribution >= 0.6 is 0 Å². The molecule has 2 heteroatoms. The fourth-order valence-electron chi connectivity index (χ4n) is 1.21. The Labute approximate surface area is 66.2 Å². The van der Waals surface area contributed by atoms with Crippen LogP contribution in [0.25, 0.3) is 0 Å². The van der Waals surface area contributed by atoms with Crippen molar-refractivity contribution in [2.24, 2.45) is 5.41 Å². The molecular formula is C9H12O2. The summed E-state index contributed by atoms with van der Waals surface area (Å²) >= 11 is 0. The van der Waals surface area contributed by atoms with Gasteiger partial charge in [-0.25, -0.2) is 0 Å². The van der Waals surface area contributed by atoms with Crippen LogP contribution in [-0.2, 0) is 4.79 Å². The maximum Gasteiger partial charge on any atom is 0.313 e. The van der Waals surface area contributed by atoms with Gasteiger partial charge in [0, 0.05) is 0 Å². The molecule has 0 aliphatic heterocycles. The normalized spacial score (nSPS) is 18.9. The van der Waals surface area contributed by atoms with E-state index in [2.05, 4.69) is 13.2 Å². The van der Waals surface area contributed by atoms with E-state index in [4.69, 9.17) is 5.11 Å². The molecule has 0 heterocycles. The van der Waals surface area contributed by atoms with Gasteiger partial charge in [-0.3, -0.25) is 4.79 Å². The lowest BCUT2D eigenvalue weighted by Gasteiger charge is -2.10. The van der Waals surface area contributed by atoms with Crippen LogP contribution in [0.3, 0.4) is 0 Å². The van der Waals surface area contributed by atoms with Crippen molar-refractivity contribution < 1.29 is 9.90 Å². The number of hydrogen-bond donors (Lipinski definition) is 1. The second-order valence-corrected chi connectivity index (χ2v) is 2.98. The number of hydrogen-bond acceptors (Lipinski definition) is 1. The topological polar surface area (TPSA) is 37.3 Å². The average molecular weight is 152 g/mol. The molecule has 0 bridgehead atoms. The highest BCUT2D eigenvalue weighted by atomic mass is 16.4. The van der Waals surface area contributed by atoms with E-state index in [9.17, 15) is 4.79 Å². The third-order valence-corrected chi connectivity index (χ3v) is 2.23. The Bertz CT molecular complexity index is 212. The molecule has 0 aromatic heterocycles. The quantitative estimate of drug-likeness (QED) is 0.625. The van der Waals surface area contributed by atoms with Crippen LogP contribution in [0.2, 0.25) is 0 Å². The summed E-state index contributed by atoms with van der Waals surface area (Å²) in [7, 11) is 0. The molecule has 1 aliphatic carbocycles. The fraction of sp³-hybridized carbons (Fsp3) is 0.444. The van der Waals surface area contributed by atoms with E-state index >= 15 is 0 Å². The second-order valence-electron chi connectivity index (χ2n) is 2.98. The summed E-state index contributed by atoms with van der Waals surface area (Å²) < 4.78 is 0. The first-order valence-electron chi connectivity index (χ1n) is 3.66. The largest absolute Gasteiger partial charge is 0.481 e. The average Bonchev–Trinajstić information content (AvgIpc) is 2.66. The van der Waals surface area contributed by atoms with Gasteiger partial charge in [0.05, 0.1) is 5.41 Å². The predicted octanol–water partition coefficient (Wildman–Crippen LogP) is 1.98. The van der Waals surface area contributed by atoms with Crippen molar-refractivity contribution in [1.82, 2.24) is 0 Å². The lowest BCUT2D eigenvalue weighted by atomic mass is 9.95. The van der Waals surface area contributed by atoms with Crippen LogP contribution < -0.4 is 0 Å². The smallest absolute Gasteiger partial charge is 0.313 e. The molecule has 1 fully saturated rings. The number of allylic oxidation sites excluding steroid dienone is 1. The van der Waals surface area contributed by atoms with Crippen molar-refractivity contribution in [3.05, 3.63) is 24.8 Å². The molecule has 2 nitrogen and oxygen atoms in total. The van der Waals surface area contributed by atoms with Gasteiger partial charge in [0.15, 0.2) is 0 Å². The summed E-state index contributed by atoms with van der Waals surface area (Å²) in [6, 6.07) is 0. The van der Waals surface area contributed by atoms with Gasteiger partial charge in [0.2, 0.25) is 0 Å². The fourth-order valence-corrected chi connectivity index (χ4v) is 1.21. The number of aliphatic carboxylic acids is 1. The van der Waals surface area contributed by atoms with Gasteiger partial charge in [-0.2, -0.15) is 0 Å². The predicted molar refractivity (Wildman–Crippen MR) is 43.3 cm³/mol. The van der Waals surface area contributed by atoms with E-state index in [0.29, 0.717) is 6.42 Å². The van der Waals surface area contributed by atoms with E-state index in [1.165, 1.54) is 0 Å². The Balaban J connectivity index is 2.65. The summed E-state index contributed by atoms with van der Waals surface area (Å²) in [4.78, 5) is 10.7. The molecule has 11 heavy (non-hydrogen) atoms. The zero-order valence-electron chi connectivity index (χ0n) is 6.47. The van der Waals surface area contributed by atoms with Gasteiger partial charge >= 0.3 is 5.97 Å². The molecule has 0 atom stereocenters. The highest BCUT2D eigenvalue weighted by molar-refractivity contribution is 5.81. The number of carbonyl (C=O) groups is 1. The Hall–Kier alpha value is -1.05. The Kier molecular flexibility index (Phi) is 1.85. The molecule has 0 unspecified atom stereocenters. The SMILES string of the molecule is C=CCC(=C)C1(C(=O)O)CC1. The number of carboxylic acids is 1. The summed E-state index contributed by atoms with van der Waals surface area (Å²) in [5.74, 6) is -0.732. The minimum absolute atomic E-state index is 0.589. The molecule has 0 radical (unpaired) electrons. The first-order valence-corrected chi connectivity index (χ1v) is 3.66. The highest BCUT2D eigenvalue weighted by Crippen LogP contribution is 2.52. The van der Waals surface area contributed by atoms with Gasteiger partial charge in [-0.1, -0.05) is 18.2 Å². The van der Waals surface area contributed by atoms with Gasteiger partial charge in [-0.15, -0.1) is 6.58 Å². The van der Waals surface area contributed by atoms with E-state index in [-0.39, 0.29) is 0 Å². The van der Waals surface area contributed by atoms with Gasteiger partial charge in [-0.05, 0) is 19.3 Å². The first kappa shape index (κ1) is 8.05. The molecule has 1 N–H and O–H groups in total. The Morgan fingerprint density at radius 1 is 1.64 bits per heavy atom. The maximum atomic E-state index is 10.7. The van der Waals surface area contributed by atoms with Gasteiger partial charge < -0.3 is 5.11 Å². The maximum absolute atomic E-state index is 10.7. The Morgan fingerprint density at radius 2 is 2.18 bits per heavy atom. The zero-order valence-corrected chi connectivity index (χ0v) is 6.47. The summed E-state index contributed by atoms with van der Waals surface area (Å²) in [5, 5.41) is 8.81. The minimum atomic E-state index is -0.732. The van der Waals surface area contributed by atoms with E-state index < -0.39 is 11.4 Å². The third-order valence-electron chi connectivity index (χ3n) is 2.23. The van der Waals surface area contributed by atoms with Crippen LogP contribution in [0.4, 0.5) is 0 Å². The number of rotatable bonds is 4. The lowest BCUT2D eigenvalue weighted by Crippen LogP contribution is -2.16. The van der Waals surface area contributed by atoms with Crippen molar-refractivity contribution in [3.8, 4) is 0 Å². The van der Waals surface area contributed by atoms with Gasteiger partial charge in [0.1, 0.15) is 0 Å². The van der Waals surface area contributed by atoms with E-state index in [1.54, 1.807) is 6.08 Å². The monoisotopic (exact) mass is 152 g/mol. The van der Waals surface area contributed by atoms with Crippen LogP contribution in [0.15, 0.2) is 24.8 Å². The highest BCUT2D eigenvalue weighted by Gasteiger charge is 2.51. The van der Waals surface area contributed by atoms with Crippen LogP contribution in [-0.4, -0.2) is 11.1 Å². The van der Waals surface area contributed by atoms with Gasteiger partial charge in [0.25, 0.3) is 0 Å². The lowest BCUT2D eigenvalue weighted by molar-refractivity contribution is -0.141. The number of carboxylic acid groups (broad SMARTS) is 1. The third kappa shape index (κ3) is 1.20. The molecule has 0 aromatic rings. The summed E-state index contributed by atoms with van der Waals surface area (Å²) in [6.45, 7) is 7.30. The molecule has 0 aromatic carbocycles. The standard InChI is InChI=1S/C9H12O2/c1-3-4-7(2)9(5-6-9)8(10)11/h3H,1-2,4-6H2,(H,10,11). The molecule has 1 aliphatic rings. The molecule has 60 valence electrons. The van der Waals surface area contributed by atoms with Crippen molar-refractivity contribution in [2.45, 2.75) is 19.3 Å². The zero-order chi connectivity index (χ0) is 8.48. The van der Waals surface area contributed by atoms with Crippen LogP contribution in [0, 0.1) is 5.41 Å². The van der Waals surface area contributed by atoms with Crippen molar-refractivity contribution in [2.75, 3.05) is 0 Å². The molecule has 0 saturated heterocycles. The van der Waals surface area contributed by atoms with Crippen molar-refractivity contribution >= 4 is 5.97 Å². The van der Waals surface area contributed by atoms with E-state index in [1.807, 2.05) is 0 Å². The molecule has 0 spiro atoms. The first-order chi connectivity index (χ1) is 5.13. The summed E-state index contributed by atoms with van der Waals surface area (Å²) in [6.07, 6.45) is 3.81. The van der Waals surface area contributed by atoms with Crippen molar-refractivity contribution in [3.63, 3.8) is 0 Å².